The first-order chi connectivity index (χ1) is 14.0. The Kier molecular flexibility index (Phi) is 5.03. The molecule has 4 N–H and O–H groups in total. The fourth-order valence-corrected chi connectivity index (χ4v) is 4.69. The van der Waals surface area contributed by atoms with Gasteiger partial charge in [0.15, 0.2) is 5.84 Å². The lowest BCUT2D eigenvalue weighted by atomic mass is 10.1. The smallest absolute Gasteiger partial charge is 0.265 e. The molecule has 0 saturated carbocycles. The van der Waals surface area contributed by atoms with Gasteiger partial charge in [0, 0.05) is 25.2 Å². The summed E-state index contributed by atoms with van der Waals surface area (Å²) in [6, 6.07) is 10.5. The summed E-state index contributed by atoms with van der Waals surface area (Å²) in [5.74, 6) is 0.133. The third-order valence-electron chi connectivity index (χ3n) is 4.90. The molecule has 0 aliphatic carbocycles. The topological polar surface area (TPSA) is 112 Å². The largest absolute Gasteiger partial charge is 0.387 e. The molecular weight excluding hydrogens is 390 g/mol. The summed E-state index contributed by atoms with van der Waals surface area (Å²) in [7, 11) is -1.71. The van der Waals surface area contributed by atoms with Crippen LogP contribution in [-0.2, 0) is 6.54 Å². The van der Waals surface area contributed by atoms with E-state index in [2.05, 4.69) is 26.9 Å². The van der Waals surface area contributed by atoms with Gasteiger partial charge in [0.2, 0.25) is 0 Å². The average Bonchev–Trinajstić information content (AvgIpc) is 2.72. The predicted octanol–water partition coefficient (Wildman–Crippen LogP) is 4.14. The van der Waals surface area contributed by atoms with Crippen LogP contribution in [0, 0.1) is 0 Å². The van der Waals surface area contributed by atoms with E-state index >= 15 is 0 Å². The zero-order chi connectivity index (χ0) is 20.6. The lowest BCUT2D eigenvalue weighted by Crippen LogP contribution is -2.33. The molecule has 3 heterocycles. The highest BCUT2D eigenvalue weighted by atomic mass is 32.3. The maximum atomic E-state index is 13.5. The summed E-state index contributed by atoms with van der Waals surface area (Å²) in [6.07, 6.45) is 3.41. The number of amidine groups is 1. The number of unbranched alkanes of at least 4 members (excludes halogenated alkanes) is 1. The van der Waals surface area contributed by atoms with E-state index in [4.69, 9.17) is 0 Å². The van der Waals surface area contributed by atoms with Crippen molar-refractivity contribution in [2.75, 3.05) is 17.7 Å². The van der Waals surface area contributed by atoms with Crippen molar-refractivity contribution in [2.24, 2.45) is 4.40 Å². The summed E-state index contributed by atoms with van der Waals surface area (Å²) in [6.45, 7) is 2.57. The Hall–Kier alpha value is -2.88. The highest BCUT2D eigenvalue weighted by Gasteiger charge is 2.30. The molecule has 8 nitrogen and oxygen atoms in total. The SMILES string of the molecule is CCCCn1c(=O)c(C2=NS(O)(O)c3ccccc3N2)c(NC)c2cccnc21. The Morgan fingerprint density at radius 3 is 2.76 bits per heavy atom. The first-order valence-corrected chi connectivity index (χ1v) is 10.9. The lowest BCUT2D eigenvalue weighted by Gasteiger charge is -2.34. The van der Waals surface area contributed by atoms with Crippen molar-refractivity contribution >= 4 is 39.0 Å². The van der Waals surface area contributed by atoms with Gasteiger partial charge >= 0.3 is 0 Å². The van der Waals surface area contributed by atoms with Crippen LogP contribution in [0.1, 0.15) is 25.3 Å². The lowest BCUT2D eigenvalue weighted by molar-refractivity contribution is 0.489. The fraction of sp³-hybridized carbons (Fsp3) is 0.250. The predicted molar refractivity (Wildman–Crippen MR) is 118 cm³/mol. The normalized spacial score (nSPS) is 15.9. The molecule has 0 spiro atoms. The van der Waals surface area contributed by atoms with Crippen LogP contribution in [0.25, 0.3) is 11.0 Å². The van der Waals surface area contributed by atoms with Crippen molar-refractivity contribution in [1.29, 1.82) is 0 Å². The van der Waals surface area contributed by atoms with Crippen molar-refractivity contribution in [3.8, 4) is 0 Å². The van der Waals surface area contributed by atoms with Crippen molar-refractivity contribution in [2.45, 2.75) is 31.2 Å². The Morgan fingerprint density at radius 2 is 2.00 bits per heavy atom. The quantitative estimate of drug-likeness (QED) is 0.500. The van der Waals surface area contributed by atoms with Crippen LogP contribution in [0.15, 0.2) is 56.7 Å². The summed E-state index contributed by atoms with van der Waals surface area (Å²) in [5.41, 5.74) is 1.63. The van der Waals surface area contributed by atoms with Crippen molar-refractivity contribution in [3.63, 3.8) is 0 Å². The van der Waals surface area contributed by atoms with E-state index in [1.807, 2.05) is 6.07 Å². The molecule has 0 atom stereocenters. The molecule has 9 heteroatoms. The van der Waals surface area contributed by atoms with Gasteiger partial charge in [0.1, 0.15) is 16.1 Å². The second kappa shape index (κ2) is 7.51. The standard InChI is InChI=1S/C20H23N5O3S/c1-3-4-12-25-19-13(8-7-11-22-19)17(21-2)16(20(25)26)18-23-14-9-5-6-10-15(14)29(27,28)24-18/h5-11,21,27-28H,3-4,12H2,1-2H3,(H,23,24). The molecule has 0 amide bonds. The van der Waals surface area contributed by atoms with Gasteiger partial charge in [-0.1, -0.05) is 36.3 Å². The highest BCUT2D eigenvalue weighted by Crippen LogP contribution is 2.55. The number of aryl methyl sites for hydroxylation is 1. The molecule has 0 radical (unpaired) electrons. The van der Waals surface area contributed by atoms with Crippen molar-refractivity contribution in [3.05, 3.63) is 58.5 Å². The third-order valence-corrected chi connectivity index (χ3v) is 6.28. The second-order valence-corrected chi connectivity index (χ2v) is 8.42. The van der Waals surface area contributed by atoms with E-state index in [1.54, 1.807) is 48.1 Å². The average molecular weight is 414 g/mol. The number of benzene rings is 1. The van der Waals surface area contributed by atoms with Gasteiger partial charge < -0.3 is 10.6 Å². The molecule has 0 bridgehead atoms. The summed E-state index contributed by atoms with van der Waals surface area (Å²) in [5, 5.41) is 6.96. The minimum atomic E-state index is -3.43. The Balaban J connectivity index is 2.00. The molecule has 1 aromatic carbocycles. The number of aromatic nitrogens is 2. The van der Waals surface area contributed by atoms with Gasteiger partial charge in [0.25, 0.3) is 5.56 Å². The number of nitrogens with zero attached hydrogens (tertiary/aromatic N) is 3. The van der Waals surface area contributed by atoms with Gasteiger partial charge in [-0.3, -0.25) is 18.5 Å². The zero-order valence-electron chi connectivity index (χ0n) is 16.2. The molecule has 29 heavy (non-hydrogen) atoms. The van der Waals surface area contributed by atoms with E-state index in [0.29, 0.717) is 28.5 Å². The van der Waals surface area contributed by atoms with E-state index in [9.17, 15) is 13.9 Å². The number of para-hydroxylation sites is 1. The molecule has 2 aromatic heterocycles. The Morgan fingerprint density at radius 1 is 1.21 bits per heavy atom. The van der Waals surface area contributed by atoms with Gasteiger partial charge in [-0.2, -0.15) is 0 Å². The molecule has 4 rings (SSSR count). The first kappa shape index (κ1) is 19.4. The van der Waals surface area contributed by atoms with Crippen LogP contribution < -0.4 is 16.2 Å². The van der Waals surface area contributed by atoms with Gasteiger partial charge in [-0.15, -0.1) is 4.40 Å². The monoisotopic (exact) mass is 413 g/mol. The van der Waals surface area contributed by atoms with Gasteiger partial charge in [-0.05, 0) is 30.7 Å². The molecule has 3 aromatic rings. The van der Waals surface area contributed by atoms with Gasteiger partial charge in [0.05, 0.1) is 11.4 Å². The second-order valence-electron chi connectivity index (χ2n) is 6.76. The third kappa shape index (κ3) is 3.27. The minimum absolute atomic E-state index is 0.133. The molecule has 0 fully saturated rings. The van der Waals surface area contributed by atoms with Crippen molar-refractivity contribution < 1.29 is 9.11 Å². The molecule has 1 aliphatic heterocycles. The first-order valence-electron chi connectivity index (χ1n) is 9.41. The summed E-state index contributed by atoms with van der Waals surface area (Å²) >= 11 is 0. The maximum absolute atomic E-state index is 13.5. The van der Waals surface area contributed by atoms with E-state index in [-0.39, 0.29) is 17.0 Å². The maximum Gasteiger partial charge on any atom is 0.265 e. The number of hydrogen-bond donors (Lipinski definition) is 4. The van der Waals surface area contributed by atoms with E-state index < -0.39 is 10.8 Å². The van der Waals surface area contributed by atoms with Gasteiger partial charge in [-0.25, -0.2) is 4.98 Å². The minimum Gasteiger partial charge on any atom is -0.387 e. The Labute approximate surface area is 169 Å². The fourth-order valence-electron chi connectivity index (χ4n) is 3.53. The molecule has 0 unspecified atom stereocenters. The van der Waals surface area contributed by atoms with Crippen LogP contribution in [-0.4, -0.2) is 31.5 Å². The molecule has 152 valence electrons. The number of pyridine rings is 2. The number of rotatable bonds is 5. The Bertz CT molecular complexity index is 1170. The number of hydrogen-bond acceptors (Lipinski definition) is 7. The summed E-state index contributed by atoms with van der Waals surface area (Å²) < 4.78 is 27.0. The zero-order valence-corrected chi connectivity index (χ0v) is 17.0. The van der Waals surface area contributed by atoms with Crippen LogP contribution in [0.3, 0.4) is 0 Å². The van der Waals surface area contributed by atoms with Crippen molar-refractivity contribution in [1.82, 2.24) is 9.55 Å². The van der Waals surface area contributed by atoms with Crippen LogP contribution in [0.2, 0.25) is 0 Å². The van der Waals surface area contributed by atoms with Crippen LogP contribution in [0.5, 0.6) is 0 Å². The van der Waals surface area contributed by atoms with E-state index in [1.165, 1.54) is 0 Å². The highest BCUT2D eigenvalue weighted by molar-refractivity contribution is 8.23. The number of nitrogens with one attached hydrogen (secondary N) is 2. The number of fused-ring (bicyclic) bond motifs is 2. The molecular formula is C20H23N5O3S. The van der Waals surface area contributed by atoms with Crippen LogP contribution in [0.4, 0.5) is 11.4 Å². The summed E-state index contributed by atoms with van der Waals surface area (Å²) in [4.78, 5) is 18.2. The molecule has 1 aliphatic rings. The van der Waals surface area contributed by atoms with E-state index in [0.717, 1.165) is 18.2 Å². The number of anilines is 2. The molecule has 0 saturated heterocycles. The van der Waals surface area contributed by atoms with Crippen LogP contribution >= 0.6 is 10.8 Å².